The molecule has 5 heteroatoms. The normalized spacial score (nSPS) is 10.3. The van der Waals surface area contributed by atoms with Gasteiger partial charge in [0.1, 0.15) is 12.4 Å². The van der Waals surface area contributed by atoms with E-state index in [9.17, 15) is 4.79 Å². The highest BCUT2D eigenvalue weighted by Gasteiger charge is 2.08. The van der Waals surface area contributed by atoms with Crippen LogP contribution < -0.4 is 15.4 Å². The third kappa shape index (κ3) is 5.59. The fraction of sp³-hybridized carbons (Fsp3) is 0.316. The number of methoxy groups -OCH3 is 1. The predicted octanol–water partition coefficient (Wildman–Crippen LogP) is 3.65. The summed E-state index contributed by atoms with van der Waals surface area (Å²) in [4.78, 5) is 12.1. The first-order valence-corrected chi connectivity index (χ1v) is 7.91. The van der Waals surface area contributed by atoms with Crippen molar-refractivity contribution in [3.63, 3.8) is 0 Å². The minimum atomic E-state index is -0.268. The van der Waals surface area contributed by atoms with Crippen LogP contribution in [0.5, 0.6) is 5.75 Å². The monoisotopic (exact) mass is 328 g/mol. The van der Waals surface area contributed by atoms with Gasteiger partial charge in [0.15, 0.2) is 0 Å². The van der Waals surface area contributed by atoms with Gasteiger partial charge in [0.25, 0.3) is 0 Å². The van der Waals surface area contributed by atoms with Gasteiger partial charge < -0.3 is 20.1 Å². The maximum absolute atomic E-state index is 12.1. The molecule has 2 amide bonds. The number of anilines is 1. The Morgan fingerprint density at radius 1 is 1.00 bits per heavy atom. The number of rotatable bonds is 7. The Labute approximate surface area is 143 Å². The second-order valence-corrected chi connectivity index (χ2v) is 5.63. The van der Waals surface area contributed by atoms with E-state index in [0.29, 0.717) is 31.2 Å². The number of nitrogens with one attached hydrogen (secondary N) is 2. The predicted molar refractivity (Wildman–Crippen MR) is 95.6 cm³/mol. The summed E-state index contributed by atoms with van der Waals surface area (Å²) < 4.78 is 10.7. The smallest absolute Gasteiger partial charge is 0.319 e. The van der Waals surface area contributed by atoms with Gasteiger partial charge in [0, 0.05) is 13.7 Å². The topological polar surface area (TPSA) is 59.6 Å². The molecule has 0 saturated carbocycles. The standard InChI is InChI=1S/C19H24N2O3/c1-14-4-7-16(8-5-14)13-20-19(22)21-17-9-6-15(2)12-18(17)24-11-10-23-3/h4-9,12H,10-11,13H2,1-3H3,(H2,20,21,22). The first kappa shape index (κ1) is 17.8. The van der Waals surface area contributed by atoms with Gasteiger partial charge in [0.05, 0.1) is 12.3 Å². The molecule has 0 aromatic heterocycles. The zero-order valence-electron chi connectivity index (χ0n) is 14.4. The van der Waals surface area contributed by atoms with E-state index in [0.717, 1.165) is 11.1 Å². The van der Waals surface area contributed by atoms with Crippen molar-refractivity contribution in [2.45, 2.75) is 20.4 Å². The number of aryl methyl sites for hydroxylation is 2. The van der Waals surface area contributed by atoms with Crippen molar-refractivity contribution in [3.8, 4) is 5.75 Å². The van der Waals surface area contributed by atoms with E-state index in [1.165, 1.54) is 5.56 Å². The lowest BCUT2D eigenvalue weighted by atomic mass is 10.1. The maximum atomic E-state index is 12.1. The second kappa shape index (κ2) is 8.93. The second-order valence-electron chi connectivity index (χ2n) is 5.63. The molecule has 5 nitrogen and oxygen atoms in total. The van der Waals surface area contributed by atoms with Crippen molar-refractivity contribution >= 4 is 11.7 Å². The van der Waals surface area contributed by atoms with Crippen LogP contribution in [-0.2, 0) is 11.3 Å². The molecule has 2 aromatic rings. The van der Waals surface area contributed by atoms with E-state index in [1.54, 1.807) is 7.11 Å². The Balaban J connectivity index is 1.93. The molecule has 0 fully saturated rings. The average molecular weight is 328 g/mol. The van der Waals surface area contributed by atoms with Gasteiger partial charge in [-0.25, -0.2) is 4.79 Å². The number of hydrogen-bond donors (Lipinski definition) is 2. The molecule has 0 radical (unpaired) electrons. The van der Waals surface area contributed by atoms with Crippen LogP contribution in [-0.4, -0.2) is 26.4 Å². The van der Waals surface area contributed by atoms with Crippen LogP contribution in [0.3, 0.4) is 0 Å². The van der Waals surface area contributed by atoms with Gasteiger partial charge in [-0.2, -0.15) is 0 Å². The zero-order valence-corrected chi connectivity index (χ0v) is 14.4. The molecular formula is C19H24N2O3. The summed E-state index contributed by atoms with van der Waals surface area (Å²) in [5.74, 6) is 0.637. The van der Waals surface area contributed by atoms with Crippen molar-refractivity contribution in [2.24, 2.45) is 0 Å². The van der Waals surface area contributed by atoms with Gasteiger partial charge in [-0.05, 0) is 37.1 Å². The SMILES string of the molecule is COCCOc1cc(C)ccc1NC(=O)NCc1ccc(C)cc1. The molecule has 2 aromatic carbocycles. The summed E-state index contributed by atoms with van der Waals surface area (Å²) in [6, 6.07) is 13.4. The number of carbonyl (C=O) groups is 1. The summed E-state index contributed by atoms with van der Waals surface area (Å²) >= 11 is 0. The largest absolute Gasteiger partial charge is 0.489 e. The fourth-order valence-electron chi connectivity index (χ4n) is 2.14. The number of hydrogen-bond acceptors (Lipinski definition) is 3. The lowest BCUT2D eigenvalue weighted by Crippen LogP contribution is -2.28. The molecule has 2 N–H and O–H groups in total. The molecule has 0 atom stereocenters. The van der Waals surface area contributed by atoms with Crippen molar-refractivity contribution in [3.05, 3.63) is 59.2 Å². The van der Waals surface area contributed by atoms with Gasteiger partial charge in [-0.15, -0.1) is 0 Å². The van der Waals surface area contributed by atoms with Gasteiger partial charge in [-0.3, -0.25) is 0 Å². The molecule has 0 bridgehead atoms. The number of carbonyl (C=O) groups excluding carboxylic acids is 1. The molecule has 24 heavy (non-hydrogen) atoms. The van der Waals surface area contributed by atoms with Crippen LogP contribution >= 0.6 is 0 Å². The van der Waals surface area contributed by atoms with Crippen molar-refractivity contribution in [1.29, 1.82) is 0 Å². The van der Waals surface area contributed by atoms with Crippen LogP contribution in [0.1, 0.15) is 16.7 Å². The van der Waals surface area contributed by atoms with Crippen LogP contribution in [0.15, 0.2) is 42.5 Å². The summed E-state index contributed by atoms with van der Waals surface area (Å²) in [7, 11) is 1.62. The molecule has 128 valence electrons. The number of ether oxygens (including phenoxy) is 2. The van der Waals surface area contributed by atoms with E-state index in [4.69, 9.17) is 9.47 Å². The number of urea groups is 1. The third-order valence-electron chi connectivity index (χ3n) is 3.50. The molecule has 0 heterocycles. The number of benzene rings is 2. The first-order chi connectivity index (χ1) is 11.6. The first-order valence-electron chi connectivity index (χ1n) is 7.91. The van der Waals surface area contributed by atoms with Crippen LogP contribution in [0.25, 0.3) is 0 Å². The van der Waals surface area contributed by atoms with Crippen LogP contribution in [0.2, 0.25) is 0 Å². The highest BCUT2D eigenvalue weighted by molar-refractivity contribution is 5.90. The summed E-state index contributed by atoms with van der Waals surface area (Å²) in [6.07, 6.45) is 0. The Morgan fingerprint density at radius 2 is 1.71 bits per heavy atom. The zero-order chi connectivity index (χ0) is 17.4. The maximum Gasteiger partial charge on any atom is 0.319 e. The summed E-state index contributed by atoms with van der Waals surface area (Å²) in [6.45, 7) is 5.40. The lowest BCUT2D eigenvalue weighted by molar-refractivity contribution is 0.146. The third-order valence-corrected chi connectivity index (χ3v) is 3.50. The van der Waals surface area contributed by atoms with E-state index in [2.05, 4.69) is 10.6 Å². The Hall–Kier alpha value is -2.53. The van der Waals surface area contributed by atoms with Gasteiger partial charge >= 0.3 is 6.03 Å². The highest BCUT2D eigenvalue weighted by atomic mass is 16.5. The summed E-state index contributed by atoms with van der Waals surface area (Å²) in [5, 5.41) is 5.68. The molecular weight excluding hydrogens is 304 g/mol. The van der Waals surface area contributed by atoms with E-state index >= 15 is 0 Å². The number of amides is 2. The van der Waals surface area contributed by atoms with Crippen molar-refractivity contribution < 1.29 is 14.3 Å². The molecule has 2 rings (SSSR count). The minimum Gasteiger partial charge on any atom is -0.489 e. The molecule has 0 unspecified atom stereocenters. The molecule has 0 saturated heterocycles. The van der Waals surface area contributed by atoms with Crippen LogP contribution in [0, 0.1) is 13.8 Å². The molecule has 0 aliphatic heterocycles. The molecule has 0 aliphatic carbocycles. The van der Waals surface area contributed by atoms with Gasteiger partial charge in [-0.1, -0.05) is 35.9 Å². The van der Waals surface area contributed by atoms with Crippen molar-refractivity contribution in [2.75, 3.05) is 25.6 Å². The highest BCUT2D eigenvalue weighted by Crippen LogP contribution is 2.25. The lowest BCUT2D eigenvalue weighted by Gasteiger charge is -2.14. The Kier molecular flexibility index (Phi) is 6.63. The van der Waals surface area contributed by atoms with Crippen molar-refractivity contribution in [1.82, 2.24) is 5.32 Å². The molecule has 0 aliphatic rings. The Bertz CT molecular complexity index is 669. The quantitative estimate of drug-likeness (QED) is 0.763. The average Bonchev–Trinajstić information content (AvgIpc) is 2.57. The fourth-order valence-corrected chi connectivity index (χ4v) is 2.14. The van der Waals surface area contributed by atoms with Crippen LogP contribution in [0.4, 0.5) is 10.5 Å². The minimum absolute atomic E-state index is 0.268. The molecule has 0 spiro atoms. The van der Waals surface area contributed by atoms with E-state index in [1.807, 2.05) is 56.3 Å². The Morgan fingerprint density at radius 3 is 2.42 bits per heavy atom. The van der Waals surface area contributed by atoms with E-state index in [-0.39, 0.29) is 6.03 Å². The van der Waals surface area contributed by atoms with E-state index < -0.39 is 0 Å². The summed E-state index contributed by atoms with van der Waals surface area (Å²) in [5.41, 5.74) is 3.95. The van der Waals surface area contributed by atoms with Gasteiger partial charge in [0.2, 0.25) is 0 Å².